The molecule has 0 aliphatic rings. The van der Waals surface area contributed by atoms with Gasteiger partial charge in [-0.3, -0.25) is 0 Å². The second-order valence-electron chi connectivity index (χ2n) is 5.13. The van der Waals surface area contributed by atoms with Gasteiger partial charge in [-0.25, -0.2) is 4.98 Å². The van der Waals surface area contributed by atoms with Gasteiger partial charge < -0.3 is 10.6 Å². The Bertz CT molecular complexity index is 430. The summed E-state index contributed by atoms with van der Waals surface area (Å²) in [6.07, 6.45) is -1.38. The highest BCUT2D eigenvalue weighted by molar-refractivity contribution is 5.49. The number of hydrogen-bond donors (Lipinski definition) is 1. The molecule has 1 heterocycles. The van der Waals surface area contributed by atoms with Gasteiger partial charge in [-0.15, -0.1) is 0 Å². The minimum absolute atomic E-state index is 0.0715. The lowest BCUT2D eigenvalue weighted by molar-refractivity contribution is -0.137. The van der Waals surface area contributed by atoms with Crippen LogP contribution in [-0.4, -0.2) is 17.6 Å². The maximum atomic E-state index is 12.8. The summed E-state index contributed by atoms with van der Waals surface area (Å²) in [6.45, 7) is 6.63. The molecule has 1 aromatic heterocycles. The number of nitrogen functional groups attached to an aromatic ring is 1. The molecule has 1 rings (SSSR count). The molecule has 3 nitrogen and oxygen atoms in total. The van der Waals surface area contributed by atoms with Crippen molar-refractivity contribution in [2.75, 3.05) is 17.2 Å². The molecule has 114 valence electrons. The van der Waals surface area contributed by atoms with Crippen LogP contribution >= 0.6 is 0 Å². The number of alkyl halides is 3. The van der Waals surface area contributed by atoms with Crippen LogP contribution in [0.25, 0.3) is 0 Å². The molecule has 0 radical (unpaired) electrons. The predicted molar refractivity (Wildman–Crippen MR) is 75.7 cm³/mol. The quantitative estimate of drug-likeness (QED) is 0.802. The van der Waals surface area contributed by atoms with Gasteiger partial charge in [-0.05, 0) is 32.4 Å². The molecule has 20 heavy (non-hydrogen) atoms. The van der Waals surface area contributed by atoms with Crippen molar-refractivity contribution in [1.82, 2.24) is 4.98 Å². The largest absolute Gasteiger partial charge is 0.416 e. The van der Waals surface area contributed by atoms with E-state index in [1.54, 1.807) is 0 Å². The topological polar surface area (TPSA) is 42.1 Å². The first kappa shape index (κ1) is 16.6. The van der Waals surface area contributed by atoms with E-state index in [1.165, 1.54) is 0 Å². The highest BCUT2D eigenvalue weighted by Gasteiger charge is 2.32. The number of aromatic nitrogens is 1. The van der Waals surface area contributed by atoms with Crippen LogP contribution in [0.2, 0.25) is 0 Å². The summed E-state index contributed by atoms with van der Waals surface area (Å²) in [4.78, 5) is 5.91. The summed E-state index contributed by atoms with van der Waals surface area (Å²) in [7, 11) is 0. The summed E-state index contributed by atoms with van der Waals surface area (Å²) in [5, 5.41) is 0. The summed E-state index contributed by atoms with van der Waals surface area (Å²) < 4.78 is 38.5. The van der Waals surface area contributed by atoms with Crippen LogP contribution in [0.15, 0.2) is 12.1 Å². The van der Waals surface area contributed by atoms with E-state index in [9.17, 15) is 13.2 Å². The lowest BCUT2D eigenvalue weighted by Crippen LogP contribution is -2.33. The lowest BCUT2D eigenvalue weighted by Gasteiger charge is -2.28. The van der Waals surface area contributed by atoms with Crippen LogP contribution in [0, 0.1) is 0 Å². The van der Waals surface area contributed by atoms with Crippen molar-refractivity contribution >= 4 is 11.6 Å². The van der Waals surface area contributed by atoms with Crippen LogP contribution < -0.4 is 10.6 Å². The van der Waals surface area contributed by atoms with Gasteiger partial charge in [0.1, 0.15) is 11.6 Å². The summed E-state index contributed by atoms with van der Waals surface area (Å²) in [6, 6.07) is 2.01. The van der Waals surface area contributed by atoms with Crippen LogP contribution in [0.4, 0.5) is 24.8 Å². The number of hydrogen-bond acceptors (Lipinski definition) is 3. The molecule has 0 aliphatic carbocycles. The zero-order valence-electron chi connectivity index (χ0n) is 12.2. The Balaban J connectivity index is 3.04. The predicted octanol–water partition coefficient (Wildman–Crippen LogP) is 4.09. The molecule has 1 aromatic rings. The second-order valence-corrected chi connectivity index (χ2v) is 5.13. The van der Waals surface area contributed by atoms with Gasteiger partial charge in [-0.1, -0.05) is 19.8 Å². The van der Waals surface area contributed by atoms with E-state index in [0.29, 0.717) is 12.4 Å². The van der Waals surface area contributed by atoms with Crippen LogP contribution in [0.5, 0.6) is 0 Å². The summed E-state index contributed by atoms with van der Waals surface area (Å²) >= 11 is 0. The standard InChI is InChI=1S/C14H22F3N3/c1-4-5-6-7-20(10(2)3)13-9-11(14(15,16)17)8-12(18)19-13/h8-10H,4-7H2,1-3H3,(H2,18,19). The van der Waals surface area contributed by atoms with E-state index in [0.717, 1.165) is 31.4 Å². The first-order valence-electron chi connectivity index (χ1n) is 6.87. The van der Waals surface area contributed by atoms with Crippen molar-refractivity contribution < 1.29 is 13.2 Å². The molecule has 0 aromatic carbocycles. The highest BCUT2D eigenvalue weighted by atomic mass is 19.4. The van der Waals surface area contributed by atoms with E-state index >= 15 is 0 Å². The van der Waals surface area contributed by atoms with Crippen LogP contribution in [-0.2, 0) is 6.18 Å². The van der Waals surface area contributed by atoms with E-state index < -0.39 is 11.7 Å². The molecule has 0 fully saturated rings. The van der Waals surface area contributed by atoms with Crippen molar-refractivity contribution in [3.8, 4) is 0 Å². The molecular formula is C14H22F3N3. The summed E-state index contributed by atoms with van der Waals surface area (Å²) in [5.74, 6) is 0.194. The van der Waals surface area contributed by atoms with Crippen molar-refractivity contribution in [3.05, 3.63) is 17.7 Å². The molecule has 0 aliphatic heterocycles. The Morgan fingerprint density at radius 3 is 2.40 bits per heavy atom. The minimum atomic E-state index is -4.40. The van der Waals surface area contributed by atoms with Crippen LogP contribution in [0.1, 0.15) is 45.6 Å². The van der Waals surface area contributed by atoms with Crippen molar-refractivity contribution in [2.24, 2.45) is 0 Å². The first-order chi connectivity index (χ1) is 9.25. The number of rotatable bonds is 6. The van der Waals surface area contributed by atoms with Crippen molar-refractivity contribution in [2.45, 2.75) is 52.3 Å². The highest BCUT2D eigenvalue weighted by Crippen LogP contribution is 2.32. The Labute approximate surface area is 118 Å². The van der Waals surface area contributed by atoms with E-state index in [2.05, 4.69) is 11.9 Å². The SMILES string of the molecule is CCCCCN(c1cc(C(F)(F)F)cc(N)n1)C(C)C. The lowest BCUT2D eigenvalue weighted by atomic mass is 10.2. The zero-order chi connectivity index (χ0) is 15.3. The van der Waals surface area contributed by atoms with Gasteiger partial charge in [0.05, 0.1) is 5.56 Å². The molecule has 0 bridgehead atoms. The van der Waals surface area contributed by atoms with Gasteiger partial charge in [0.15, 0.2) is 0 Å². The van der Waals surface area contributed by atoms with E-state index in [1.807, 2.05) is 18.7 Å². The molecule has 6 heteroatoms. The molecule has 0 saturated carbocycles. The number of nitrogens with two attached hydrogens (primary N) is 1. The molecule has 2 N–H and O–H groups in total. The number of pyridine rings is 1. The van der Waals surface area contributed by atoms with Gasteiger partial charge in [-0.2, -0.15) is 13.2 Å². The molecule has 0 atom stereocenters. The fraction of sp³-hybridized carbons (Fsp3) is 0.643. The Morgan fingerprint density at radius 1 is 1.25 bits per heavy atom. The van der Waals surface area contributed by atoms with Crippen molar-refractivity contribution in [1.29, 1.82) is 0 Å². The van der Waals surface area contributed by atoms with Crippen molar-refractivity contribution in [3.63, 3.8) is 0 Å². The first-order valence-corrected chi connectivity index (χ1v) is 6.87. The second kappa shape index (κ2) is 6.81. The number of halogens is 3. The maximum absolute atomic E-state index is 12.8. The van der Waals surface area contributed by atoms with E-state index in [4.69, 9.17) is 5.73 Å². The normalized spacial score (nSPS) is 11.9. The minimum Gasteiger partial charge on any atom is -0.384 e. The fourth-order valence-electron chi connectivity index (χ4n) is 2.02. The smallest absolute Gasteiger partial charge is 0.384 e. The Kier molecular flexibility index (Phi) is 5.65. The Hall–Kier alpha value is -1.46. The average molecular weight is 289 g/mol. The zero-order valence-corrected chi connectivity index (χ0v) is 12.2. The molecule has 0 spiro atoms. The fourth-order valence-corrected chi connectivity index (χ4v) is 2.02. The average Bonchev–Trinajstić information content (AvgIpc) is 2.32. The summed E-state index contributed by atoms with van der Waals surface area (Å²) in [5.41, 5.74) is 4.76. The Morgan fingerprint density at radius 2 is 1.90 bits per heavy atom. The number of nitrogens with zero attached hydrogens (tertiary/aromatic N) is 2. The van der Waals surface area contributed by atoms with Gasteiger partial charge >= 0.3 is 6.18 Å². The van der Waals surface area contributed by atoms with Gasteiger partial charge in [0.25, 0.3) is 0 Å². The number of anilines is 2. The third-order valence-electron chi connectivity index (χ3n) is 3.08. The van der Waals surface area contributed by atoms with Crippen LogP contribution in [0.3, 0.4) is 0 Å². The molecule has 0 amide bonds. The maximum Gasteiger partial charge on any atom is 0.416 e. The van der Waals surface area contributed by atoms with E-state index in [-0.39, 0.29) is 11.9 Å². The van der Waals surface area contributed by atoms with Gasteiger partial charge in [0.2, 0.25) is 0 Å². The molecule has 0 unspecified atom stereocenters. The molecular weight excluding hydrogens is 267 g/mol. The number of unbranched alkanes of at least 4 members (excludes halogenated alkanes) is 2. The molecule has 0 saturated heterocycles. The van der Waals surface area contributed by atoms with Gasteiger partial charge in [0, 0.05) is 12.6 Å². The third-order valence-corrected chi connectivity index (χ3v) is 3.08. The third kappa shape index (κ3) is 4.58. The monoisotopic (exact) mass is 289 g/mol.